The summed E-state index contributed by atoms with van der Waals surface area (Å²) in [6, 6.07) is 14.3. The highest BCUT2D eigenvalue weighted by Crippen LogP contribution is 2.26. The predicted molar refractivity (Wildman–Crippen MR) is 93.9 cm³/mol. The SMILES string of the molecule is CC(N)c1ccc(-c2cnc(Nc3ccc4[nH]ncc4c3)o2)cc1. The Balaban J connectivity index is 1.55. The molecule has 2 aromatic carbocycles. The number of nitrogens with zero attached hydrogens (tertiary/aromatic N) is 2. The maximum Gasteiger partial charge on any atom is 0.299 e. The number of aromatic nitrogens is 3. The molecule has 0 spiro atoms. The van der Waals surface area contributed by atoms with E-state index < -0.39 is 0 Å². The van der Waals surface area contributed by atoms with Gasteiger partial charge in [0, 0.05) is 22.7 Å². The molecule has 0 radical (unpaired) electrons. The summed E-state index contributed by atoms with van der Waals surface area (Å²) in [5.74, 6) is 0.707. The smallest absolute Gasteiger partial charge is 0.299 e. The van der Waals surface area contributed by atoms with E-state index in [1.165, 1.54) is 0 Å². The van der Waals surface area contributed by atoms with Gasteiger partial charge in [-0.2, -0.15) is 5.10 Å². The molecule has 2 aromatic heterocycles. The van der Waals surface area contributed by atoms with E-state index in [1.54, 1.807) is 12.4 Å². The normalized spacial score (nSPS) is 12.4. The van der Waals surface area contributed by atoms with E-state index in [4.69, 9.17) is 10.2 Å². The van der Waals surface area contributed by atoms with E-state index in [2.05, 4.69) is 20.5 Å². The van der Waals surface area contributed by atoms with Crippen molar-refractivity contribution in [2.75, 3.05) is 5.32 Å². The number of hydrogen-bond donors (Lipinski definition) is 3. The predicted octanol–water partition coefficient (Wildman–Crippen LogP) is 3.98. The second-order valence-corrected chi connectivity index (χ2v) is 5.74. The third-order valence-electron chi connectivity index (χ3n) is 3.92. The van der Waals surface area contributed by atoms with Crippen LogP contribution in [0.15, 0.2) is 59.3 Å². The van der Waals surface area contributed by atoms with E-state index in [1.807, 2.05) is 49.4 Å². The van der Waals surface area contributed by atoms with Crippen LogP contribution in [0.2, 0.25) is 0 Å². The van der Waals surface area contributed by atoms with Crippen LogP contribution in [0.4, 0.5) is 11.7 Å². The van der Waals surface area contributed by atoms with Crippen LogP contribution >= 0.6 is 0 Å². The zero-order valence-electron chi connectivity index (χ0n) is 13.2. The number of aromatic amines is 1. The van der Waals surface area contributed by atoms with Crippen molar-refractivity contribution in [1.29, 1.82) is 0 Å². The fourth-order valence-corrected chi connectivity index (χ4v) is 2.56. The number of H-pyrrole nitrogens is 1. The molecular weight excluding hydrogens is 302 g/mol. The maximum atomic E-state index is 5.87. The molecule has 0 bridgehead atoms. The van der Waals surface area contributed by atoms with Gasteiger partial charge in [0.05, 0.1) is 17.9 Å². The Kier molecular flexibility index (Phi) is 3.51. The molecule has 1 atom stereocenters. The van der Waals surface area contributed by atoms with Gasteiger partial charge in [0.1, 0.15) is 0 Å². The molecule has 0 saturated carbocycles. The van der Waals surface area contributed by atoms with Crippen LogP contribution in [0.5, 0.6) is 0 Å². The summed E-state index contributed by atoms with van der Waals surface area (Å²) in [7, 11) is 0. The van der Waals surface area contributed by atoms with E-state index in [0.717, 1.165) is 27.7 Å². The Morgan fingerprint density at radius 1 is 1.12 bits per heavy atom. The van der Waals surface area contributed by atoms with Crippen molar-refractivity contribution in [1.82, 2.24) is 15.2 Å². The molecule has 4 rings (SSSR count). The Hall–Kier alpha value is -3.12. The zero-order valence-corrected chi connectivity index (χ0v) is 13.2. The van der Waals surface area contributed by atoms with Gasteiger partial charge in [-0.25, -0.2) is 4.98 Å². The van der Waals surface area contributed by atoms with E-state index in [-0.39, 0.29) is 6.04 Å². The molecule has 0 fully saturated rings. The monoisotopic (exact) mass is 319 g/mol. The summed E-state index contributed by atoms with van der Waals surface area (Å²) < 4.78 is 5.79. The Morgan fingerprint density at radius 2 is 1.96 bits per heavy atom. The lowest BCUT2D eigenvalue weighted by Gasteiger charge is -2.05. The summed E-state index contributed by atoms with van der Waals surface area (Å²) in [6.07, 6.45) is 3.49. The molecule has 6 nitrogen and oxygen atoms in total. The topological polar surface area (TPSA) is 92.8 Å². The van der Waals surface area contributed by atoms with Crippen LogP contribution in [0, 0.1) is 0 Å². The second kappa shape index (κ2) is 5.82. The number of nitrogens with two attached hydrogens (primary N) is 1. The maximum absolute atomic E-state index is 5.87. The van der Waals surface area contributed by atoms with Crippen LogP contribution in [0.1, 0.15) is 18.5 Å². The number of hydrogen-bond acceptors (Lipinski definition) is 5. The number of nitrogens with one attached hydrogen (secondary N) is 2. The van der Waals surface area contributed by atoms with Gasteiger partial charge in [0.15, 0.2) is 5.76 Å². The Labute approximate surface area is 138 Å². The molecule has 2 heterocycles. The van der Waals surface area contributed by atoms with E-state index >= 15 is 0 Å². The quantitative estimate of drug-likeness (QED) is 0.529. The molecule has 4 aromatic rings. The highest BCUT2D eigenvalue weighted by atomic mass is 16.4. The van der Waals surface area contributed by atoms with Gasteiger partial charge < -0.3 is 15.5 Å². The molecule has 4 N–H and O–H groups in total. The summed E-state index contributed by atoms with van der Waals surface area (Å²) in [4.78, 5) is 4.29. The molecule has 120 valence electrons. The van der Waals surface area contributed by atoms with E-state index in [0.29, 0.717) is 11.8 Å². The van der Waals surface area contributed by atoms with Crippen molar-refractivity contribution in [3.05, 3.63) is 60.4 Å². The second-order valence-electron chi connectivity index (χ2n) is 5.74. The number of benzene rings is 2. The summed E-state index contributed by atoms with van der Waals surface area (Å²) in [5, 5.41) is 11.1. The fraction of sp³-hybridized carbons (Fsp3) is 0.111. The van der Waals surface area contributed by atoms with Crippen LogP contribution < -0.4 is 11.1 Å². The van der Waals surface area contributed by atoms with Crippen LogP contribution in [0.3, 0.4) is 0 Å². The standard InChI is InChI=1S/C18H17N5O/c1-11(19)12-2-4-13(5-3-12)17-10-20-18(24-17)22-15-6-7-16-14(8-15)9-21-23-16/h2-11H,19H2,1H3,(H,20,22)(H,21,23). The minimum absolute atomic E-state index is 0.0174. The minimum atomic E-state index is 0.0174. The zero-order chi connectivity index (χ0) is 16.5. The van der Waals surface area contributed by atoms with Gasteiger partial charge in [-0.1, -0.05) is 24.3 Å². The van der Waals surface area contributed by atoms with Crippen molar-refractivity contribution >= 4 is 22.6 Å². The van der Waals surface area contributed by atoms with Crippen LogP contribution in [-0.4, -0.2) is 15.2 Å². The lowest BCUT2D eigenvalue weighted by atomic mass is 10.1. The van der Waals surface area contributed by atoms with Crippen LogP contribution in [-0.2, 0) is 0 Å². The van der Waals surface area contributed by atoms with E-state index in [9.17, 15) is 0 Å². The van der Waals surface area contributed by atoms with Gasteiger partial charge in [-0.15, -0.1) is 0 Å². The van der Waals surface area contributed by atoms with Crippen molar-refractivity contribution in [2.45, 2.75) is 13.0 Å². The fourth-order valence-electron chi connectivity index (χ4n) is 2.56. The van der Waals surface area contributed by atoms with Crippen molar-refractivity contribution in [3.63, 3.8) is 0 Å². The molecule has 6 heteroatoms. The van der Waals surface area contributed by atoms with Crippen molar-refractivity contribution < 1.29 is 4.42 Å². The first-order chi connectivity index (χ1) is 11.7. The Morgan fingerprint density at radius 3 is 2.75 bits per heavy atom. The lowest BCUT2D eigenvalue weighted by molar-refractivity contribution is 0.592. The molecule has 0 aliphatic heterocycles. The third-order valence-corrected chi connectivity index (χ3v) is 3.92. The van der Waals surface area contributed by atoms with Gasteiger partial charge in [0.25, 0.3) is 6.01 Å². The average molecular weight is 319 g/mol. The molecule has 0 aliphatic carbocycles. The van der Waals surface area contributed by atoms with Gasteiger partial charge in [-0.05, 0) is 30.7 Å². The highest BCUT2D eigenvalue weighted by Gasteiger charge is 2.08. The largest absolute Gasteiger partial charge is 0.423 e. The van der Waals surface area contributed by atoms with Crippen molar-refractivity contribution in [3.8, 4) is 11.3 Å². The summed E-state index contributed by atoms with van der Waals surface area (Å²) in [5.41, 5.74) is 9.80. The number of oxazole rings is 1. The summed E-state index contributed by atoms with van der Waals surface area (Å²) in [6.45, 7) is 1.96. The highest BCUT2D eigenvalue weighted by molar-refractivity contribution is 5.82. The summed E-state index contributed by atoms with van der Waals surface area (Å²) >= 11 is 0. The van der Waals surface area contributed by atoms with Gasteiger partial charge >= 0.3 is 0 Å². The minimum Gasteiger partial charge on any atom is -0.423 e. The number of rotatable bonds is 4. The Bertz CT molecular complexity index is 968. The molecule has 24 heavy (non-hydrogen) atoms. The first-order valence-electron chi connectivity index (χ1n) is 7.71. The molecule has 0 aliphatic rings. The number of fused-ring (bicyclic) bond motifs is 1. The molecule has 0 amide bonds. The van der Waals surface area contributed by atoms with Crippen molar-refractivity contribution in [2.24, 2.45) is 5.73 Å². The first-order valence-corrected chi connectivity index (χ1v) is 7.71. The van der Waals surface area contributed by atoms with Crippen LogP contribution in [0.25, 0.3) is 22.2 Å². The van der Waals surface area contributed by atoms with Gasteiger partial charge in [0.2, 0.25) is 0 Å². The average Bonchev–Trinajstić information content (AvgIpc) is 3.24. The molecule has 1 unspecified atom stereocenters. The van der Waals surface area contributed by atoms with Gasteiger partial charge in [-0.3, -0.25) is 5.10 Å². The number of anilines is 2. The first kappa shape index (κ1) is 14.5. The third kappa shape index (κ3) is 2.75. The molecule has 0 saturated heterocycles. The lowest BCUT2D eigenvalue weighted by Crippen LogP contribution is -2.04. The molecular formula is C18H17N5O.